The monoisotopic (exact) mass is 546 g/mol. The van der Waals surface area contributed by atoms with Crippen molar-refractivity contribution >= 4 is 17.5 Å². The third-order valence-electron chi connectivity index (χ3n) is 6.10. The number of benzene rings is 2. The fraction of sp³-hybridized carbons (Fsp3) is 0.296. The zero-order chi connectivity index (χ0) is 28.2. The van der Waals surface area contributed by atoms with Crippen molar-refractivity contribution in [1.29, 1.82) is 0 Å². The topological polar surface area (TPSA) is 87.3 Å². The molecule has 0 spiro atoms. The molecular formula is C27H23F5N4O3. The minimum atomic E-state index is -4.62. The molecule has 1 saturated heterocycles. The molecular weight excluding hydrogens is 523 g/mol. The van der Waals surface area contributed by atoms with Crippen LogP contribution in [0.5, 0.6) is 5.75 Å². The van der Waals surface area contributed by atoms with Gasteiger partial charge in [0.2, 0.25) is 5.91 Å². The van der Waals surface area contributed by atoms with E-state index in [4.69, 9.17) is 4.74 Å². The van der Waals surface area contributed by atoms with Crippen LogP contribution in [0.2, 0.25) is 0 Å². The molecule has 1 aliphatic rings. The molecule has 12 heteroatoms. The minimum absolute atomic E-state index is 0.00338. The first-order valence-electron chi connectivity index (χ1n) is 11.9. The number of hydrogen-bond acceptors (Lipinski definition) is 4. The summed E-state index contributed by atoms with van der Waals surface area (Å²) in [7, 11) is 0. The van der Waals surface area contributed by atoms with Gasteiger partial charge in [-0.05, 0) is 49.1 Å². The van der Waals surface area contributed by atoms with Gasteiger partial charge in [-0.2, -0.15) is 13.2 Å². The standard InChI is InChI=1S/C27H23F5N4O3/c1-16(37)36-8-6-17(7-9-36)15-39-23-4-3-19(26-33-14-24(35-26)27(30,31)32)12-22(23)34-25(38)5-2-18-10-20(28)13-21(29)11-18/h3-4,10-14,17H,6-9,15H2,1H3,(H,33,35)(H,34,38). The maximum Gasteiger partial charge on any atom is 0.432 e. The number of alkyl halides is 3. The number of rotatable bonds is 5. The summed E-state index contributed by atoms with van der Waals surface area (Å²) in [5.74, 6) is 2.36. The van der Waals surface area contributed by atoms with Crippen LogP contribution in [0.4, 0.5) is 27.6 Å². The van der Waals surface area contributed by atoms with Crippen molar-refractivity contribution in [2.24, 2.45) is 5.92 Å². The van der Waals surface area contributed by atoms with Gasteiger partial charge in [0, 0.05) is 43.1 Å². The number of ether oxygens (including phenoxy) is 1. The highest BCUT2D eigenvalue weighted by Gasteiger charge is 2.33. The highest BCUT2D eigenvalue weighted by Crippen LogP contribution is 2.33. The van der Waals surface area contributed by atoms with Gasteiger partial charge in [-0.25, -0.2) is 13.8 Å². The van der Waals surface area contributed by atoms with Crippen LogP contribution in [-0.2, 0) is 15.8 Å². The number of amides is 2. The van der Waals surface area contributed by atoms with Crippen molar-refractivity contribution in [3.05, 3.63) is 65.5 Å². The van der Waals surface area contributed by atoms with Gasteiger partial charge in [0.15, 0.2) is 0 Å². The van der Waals surface area contributed by atoms with E-state index in [1.54, 1.807) is 4.90 Å². The van der Waals surface area contributed by atoms with E-state index in [2.05, 4.69) is 27.1 Å². The Morgan fingerprint density at radius 3 is 2.44 bits per heavy atom. The number of piperidine rings is 1. The number of carbonyl (C=O) groups excluding carboxylic acids is 2. The van der Waals surface area contributed by atoms with E-state index in [-0.39, 0.29) is 46.8 Å². The molecule has 1 aliphatic heterocycles. The van der Waals surface area contributed by atoms with Crippen molar-refractivity contribution in [1.82, 2.24) is 14.9 Å². The lowest BCUT2D eigenvalue weighted by Gasteiger charge is -2.31. The summed E-state index contributed by atoms with van der Waals surface area (Å²) >= 11 is 0. The number of H-pyrrole nitrogens is 1. The highest BCUT2D eigenvalue weighted by atomic mass is 19.4. The number of aromatic amines is 1. The number of aromatic nitrogens is 2. The van der Waals surface area contributed by atoms with E-state index in [0.29, 0.717) is 25.4 Å². The van der Waals surface area contributed by atoms with Crippen LogP contribution in [0, 0.1) is 29.4 Å². The maximum atomic E-state index is 13.4. The van der Waals surface area contributed by atoms with Gasteiger partial charge in [0.25, 0.3) is 0 Å². The number of imidazole rings is 1. The van der Waals surface area contributed by atoms with Gasteiger partial charge in [-0.15, -0.1) is 0 Å². The zero-order valence-corrected chi connectivity index (χ0v) is 20.7. The second-order valence-corrected chi connectivity index (χ2v) is 8.98. The molecule has 7 nitrogen and oxygen atoms in total. The van der Waals surface area contributed by atoms with Crippen LogP contribution in [0.3, 0.4) is 0 Å². The largest absolute Gasteiger partial charge is 0.491 e. The second kappa shape index (κ2) is 11.6. The quantitative estimate of drug-likeness (QED) is 0.348. The summed E-state index contributed by atoms with van der Waals surface area (Å²) in [5, 5.41) is 2.53. The fourth-order valence-corrected chi connectivity index (χ4v) is 4.04. The minimum Gasteiger partial charge on any atom is -0.491 e. The summed E-state index contributed by atoms with van der Waals surface area (Å²) in [5.41, 5.74) is -0.736. The van der Waals surface area contributed by atoms with Gasteiger partial charge in [0.1, 0.15) is 28.9 Å². The maximum absolute atomic E-state index is 13.4. The van der Waals surface area contributed by atoms with Crippen molar-refractivity contribution < 1.29 is 36.3 Å². The van der Waals surface area contributed by atoms with Gasteiger partial charge in [-0.3, -0.25) is 9.59 Å². The first-order valence-corrected chi connectivity index (χ1v) is 11.9. The number of nitrogens with zero attached hydrogens (tertiary/aromatic N) is 2. The molecule has 3 aromatic rings. The van der Waals surface area contributed by atoms with Crippen LogP contribution >= 0.6 is 0 Å². The predicted molar refractivity (Wildman–Crippen MR) is 131 cm³/mol. The first kappa shape index (κ1) is 27.6. The van der Waals surface area contributed by atoms with Crippen LogP contribution in [0.15, 0.2) is 42.6 Å². The second-order valence-electron chi connectivity index (χ2n) is 8.98. The number of carbonyl (C=O) groups is 2. The number of hydrogen-bond donors (Lipinski definition) is 2. The van der Waals surface area contributed by atoms with E-state index in [1.807, 2.05) is 0 Å². The SMILES string of the molecule is CC(=O)N1CCC(COc2ccc(-c3ncc(C(F)(F)F)[nH]3)cc2NC(=O)C#Cc2cc(F)cc(F)c2)CC1. The number of likely N-dealkylation sites (tertiary alicyclic amines) is 1. The fourth-order valence-electron chi connectivity index (χ4n) is 4.04. The molecule has 2 N–H and O–H groups in total. The van der Waals surface area contributed by atoms with E-state index in [0.717, 1.165) is 25.0 Å². The summed E-state index contributed by atoms with van der Waals surface area (Å²) in [6.45, 7) is 2.99. The van der Waals surface area contributed by atoms with E-state index in [1.165, 1.54) is 25.1 Å². The Labute approximate surface area is 220 Å². The molecule has 2 aromatic carbocycles. The zero-order valence-electron chi connectivity index (χ0n) is 20.7. The Hall–Kier alpha value is -4.40. The molecule has 4 rings (SSSR count). The molecule has 39 heavy (non-hydrogen) atoms. The average Bonchev–Trinajstić information content (AvgIpc) is 3.38. The van der Waals surface area contributed by atoms with Gasteiger partial charge < -0.3 is 19.9 Å². The molecule has 1 aromatic heterocycles. The average molecular weight is 546 g/mol. The molecule has 0 atom stereocenters. The molecule has 2 heterocycles. The van der Waals surface area contributed by atoms with Gasteiger partial charge in [0.05, 0.1) is 18.5 Å². The van der Waals surface area contributed by atoms with Gasteiger partial charge >= 0.3 is 12.1 Å². The molecule has 0 radical (unpaired) electrons. The Kier molecular flexibility index (Phi) is 8.18. The molecule has 0 unspecified atom stereocenters. The third-order valence-corrected chi connectivity index (χ3v) is 6.10. The Morgan fingerprint density at radius 2 is 1.82 bits per heavy atom. The van der Waals surface area contributed by atoms with Crippen molar-refractivity contribution in [2.75, 3.05) is 25.0 Å². The highest BCUT2D eigenvalue weighted by molar-refractivity contribution is 6.05. The Bertz CT molecular complexity index is 1410. The molecule has 0 aliphatic carbocycles. The van der Waals surface area contributed by atoms with Crippen LogP contribution in [0.25, 0.3) is 11.4 Å². The van der Waals surface area contributed by atoms with E-state index in [9.17, 15) is 31.5 Å². The van der Waals surface area contributed by atoms with Crippen LogP contribution < -0.4 is 10.1 Å². The predicted octanol–water partition coefficient (Wildman–Crippen LogP) is 5.00. The van der Waals surface area contributed by atoms with Crippen molar-refractivity contribution in [3.63, 3.8) is 0 Å². The molecule has 1 fully saturated rings. The lowest BCUT2D eigenvalue weighted by atomic mass is 9.98. The molecule has 0 bridgehead atoms. The summed E-state index contributed by atoms with van der Waals surface area (Å²) in [6.07, 6.45) is -2.51. The lowest BCUT2D eigenvalue weighted by molar-refractivity contribution is -0.140. The molecule has 2 amide bonds. The van der Waals surface area contributed by atoms with E-state index < -0.39 is 29.4 Å². The first-order chi connectivity index (χ1) is 18.5. The van der Waals surface area contributed by atoms with Crippen molar-refractivity contribution in [3.8, 4) is 29.0 Å². The summed E-state index contributed by atoms with van der Waals surface area (Å²) in [4.78, 5) is 31.8. The number of anilines is 1. The lowest BCUT2D eigenvalue weighted by Crippen LogP contribution is -2.38. The number of nitrogens with one attached hydrogen (secondary N) is 2. The normalized spacial score (nSPS) is 13.9. The smallest absolute Gasteiger partial charge is 0.432 e. The summed E-state index contributed by atoms with van der Waals surface area (Å²) < 4.78 is 71.8. The van der Waals surface area contributed by atoms with Crippen LogP contribution in [0.1, 0.15) is 31.0 Å². The van der Waals surface area contributed by atoms with Crippen LogP contribution in [-0.4, -0.2) is 46.4 Å². The molecule has 204 valence electrons. The van der Waals surface area contributed by atoms with E-state index >= 15 is 0 Å². The van der Waals surface area contributed by atoms with Crippen molar-refractivity contribution in [2.45, 2.75) is 25.9 Å². The number of halogens is 5. The molecule has 0 saturated carbocycles. The Balaban J connectivity index is 1.55. The van der Waals surface area contributed by atoms with Gasteiger partial charge in [-0.1, -0.05) is 5.92 Å². The third kappa shape index (κ3) is 7.34. The summed E-state index contributed by atoms with van der Waals surface area (Å²) in [6, 6.07) is 6.96. The Morgan fingerprint density at radius 1 is 1.13 bits per heavy atom.